The number of nitrogens with zero attached hydrogens (tertiary/aromatic N) is 2. The monoisotopic (exact) mass is 420 g/mol. The second-order valence-corrected chi connectivity index (χ2v) is 9.70. The van der Waals surface area contributed by atoms with Gasteiger partial charge in [0.2, 0.25) is 0 Å². The first-order valence-corrected chi connectivity index (χ1v) is 11.6. The van der Waals surface area contributed by atoms with Crippen LogP contribution in [0.2, 0.25) is 0 Å². The van der Waals surface area contributed by atoms with Gasteiger partial charge in [-0.25, -0.2) is 0 Å². The van der Waals surface area contributed by atoms with Gasteiger partial charge in [0.25, 0.3) is 5.69 Å². The quantitative estimate of drug-likeness (QED) is 0.265. The lowest BCUT2D eigenvalue weighted by Gasteiger charge is -2.51. The highest BCUT2D eigenvalue weighted by Crippen LogP contribution is 2.60. The van der Waals surface area contributed by atoms with E-state index in [1.807, 2.05) is 12.1 Å². The zero-order valence-corrected chi connectivity index (χ0v) is 17.7. The summed E-state index contributed by atoms with van der Waals surface area (Å²) >= 11 is 0. The van der Waals surface area contributed by atoms with Gasteiger partial charge in [-0.3, -0.25) is 10.1 Å². The van der Waals surface area contributed by atoms with Crippen LogP contribution in [0.3, 0.4) is 0 Å². The summed E-state index contributed by atoms with van der Waals surface area (Å²) in [5, 5.41) is 14.2. The molecule has 0 bridgehead atoms. The summed E-state index contributed by atoms with van der Waals surface area (Å²) in [6.45, 7) is 1.01. The minimum Gasteiger partial charge on any atom is -0.363 e. The van der Waals surface area contributed by atoms with E-state index in [9.17, 15) is 10.1 Å². The number of nitro groups is 1. The normalized spacial score (nSPS) is 29.1. The van der Waals surface area contributed by atoms with Crippen LogP contribution in [-0.2, 0) is 0 Å². The van der Waals surface area contributed by atoms with Crippen molar-refractivity contribution in [3.8, 4) is 0 Å². The number of hydrogen-bond acceptors (Lipinski definition) is 3. The summed E-state index contributed by atoms with van der Waals surface area (Å²) in [5.41, 5.74) is 5.56. The predicted molar refractivity (Wildman–Crippen MR) is 127 cm³/mol. The second kappa shape index (κ2) is 6.55. The van der Waals surface area contributed by atoms with Gasteiger partial charge in [-0.15, -0.1) is 0 Å². The van der Waals surface area contributed by atoms with Crippen molar-refractivity contribution in [1.29, 1.82) is 0 Å². The highest BCUT2D eigenvalue weighted by atomic mass is 16.6. The SMILES string of the molecule is O=[N+]([O-])c1cccc([C@@H]2[C@@H]3CC=C[C@@H]3c3c4c(cc5ccccc35)[C@H]3C=CC[C@@H]3CN42)c1. The molecule has 0 aromatic heterocycles. The minimum atomic E-state index is -0.267. The molecule has 0 spiro atoms. The summed E-state index contributed by atoms with van der Waals surface area (Å²) in [7, 11) is 0. The van der Waals surface area contributed by atoms with Crippen molar-refractivity contribution in [3.63, 3.8) is 0 Å². The Morgan fingerprint density at radius 3 is 2.69 bits per heavy atom. The van der Waals surface area contributed by atoms with Crippen molar-refractivity contribution >= 4 is 22.1 Å². The predicted octanol–water partition coefficient (Wildman–Crippen LogP) is 6.64. The van der Waals surface area contributed by atoms with Gasteiger partial charge in [-0.2, -0.15) is 0 Å². The molecule has 32 heavy (non-hydrogen) atoms. The van der Waals surface area contributed by atoms with Gasteiger partial charge < -0.3 is 4.90 Å². The van der Waals surface area contributed by atoms with E-state index in [1.54, 1.807) is 6.07 Å². The Labute approximate surface area is 187 Å². The highest BCUT2D eigenvalue weighted by molar-refractivity contribution is 5.94. The lowest BCUT2D eigenvalue weighted by Crippen LogP contribution is -2.46. The van der Waals surface area contributed by atoms with Crippen LogP contribution in [0.4, 0.5) is 11.4 Å². The van der Waals surface area contributed by atoms with E-state index in [1.165, 1.54) is 27.6 Å². The molecule has 2 aliphatic heterocycles. The van der Waals surface area contributed by atoms with Gasteiger partial charge >= 0.3 is 0 Å². The minimum absolute atomic E-state index is 0.156. The first-order valence-electron chi connectivity index (χ1n) is 11.6. The van der Waals surface area contributed by atoms with E-state index in [2.05, 4.69) is 65.6 Å². The fourth-order valence-corrected chi connectivity index (χ4v) is 6.93. The standard InChI is InChI=1S/C28H24N2O2/c31-30(32)20-9-3-7-18(14-20)27-24-13-5-12-23(24)26-22-10-2-1-6-17(22)15-25-21-11-4-8-19(21)16-29(27)28(25)26/h1-7,9-12,14-15,19,21,23-24,27H,8,13,16H2/t19-,21+,23+,24-,27-/m1/s1. The van der Waals surface area contributed by atoms with Crippen LogP contribution >= 0.6 is 0 Å². The molecule has 3 aromatic carbocycles. The van der Waals surface area contributed by atoms with Crippen molar-refractivity contribution < 1.29 is 4.92 Å². The number of benzene rings is 3. The molecule has 158 valence electrons. The van der Waals surface area contributed by atoms with Crippen molar-refractivity contribution in [2.75, 3.05) is 11.4 Å². The molecule has 0 saturated carbocycles. The van der Waals surface area contributed by atoms with Crippen molar-refractivity contribution in [1.82, 2.24) is 0 Å². The molecule has 0 amide bonds. The average Bonchev–Trinajstić information content (AvgIpc) is 3.48. The topological polar surface area (TPSA) is 46.4 Å². The van der Waals surface area contributed by atoms with Gasteiger partial charge in [0.15, 0.2) is 0 Å². The number of hydrogen-bond donors (Lipinski definition) is 0. The Kier molecular flexibility index (Phi) is 3.73. The molecule has 0 N–H and O–H groups in total. The molecule has 2 aliphatic carbocycles. The third kappa shape index (κ3) is 2.38. The van der Waals surface area contributed by atoms with Crippen LogP contribution < -0.4 is 4.90 Å². The zero-order chi connectivity index (χ0) is 21.4. The first-order chi connectivity index (χ1) is 15.7. The van der Waals surface area contributed by atoms with Gasteiger partial charge in [0, 0.05) is 36.2 Å². The summed E-state index contributed by atoms with van der Waals surface area (Å²) in [6, 6.07) is 18.7. The van der Waals surface area contributed by atoms with Gasteiger partial charge in [-0.05, 0) is 58.2 Å². The maximum Gasteiger partial charge on any atom is 0.269 e. The van der Waals surface area contributed by atoms with E-state index < -0.39 is 0 Å². The van der Waals surface area contributed by atoms with Crippen LogP contribution in [-0.4, -0.2) is 11.5 Å². The lowest BCUT2D eigenvalue weighted by molar-refractivity contribution is -0.384. The largest absolute Gasteiger partial charge is 0.363 e. The number of anilines is 1. The smallest absolute Gasteiger partial charge is 0.269 e. The van der Waals surface area contributed by atoms with E-state index in [0.29, 0.717) is 23.7 Å². The molecule has 7 rings (SSSR count). The van der Waals surface area contributed by atoms with E-state index >= 15 is 0 Å². The third-order valence-corrected chi connectivity index (χ3v) is 8.17. The molecule has 3 aromatic rings. The molecular weight excluding hydrogens is 396 g/mol. The Morgan fingerprint density at radius 2 is 1.78 bits per heavy atom. The third-order valence-electron chi connectivity index (χ3n) is 8.17. The summed E-state index contributed by atoms with van der Waals surface area (Å²) in [4.78, 5) is 13.9. The molecule has 4 aliphatic rings. The van der Waals surface area contributed by atoms with Gasteiger partial charge in [0.1, 0.15) is 0 Å². The number of fused-ring (bicyclic) bond motifs is 6. The number of allylic oxidation sites excluding steroid dienone is 4. The molecule has 0 saturated heterocycles. The molecule has 4 nitrogen and oxygen atoms in total. The fourth-order valence-electron chi connectivity index (χ4n) is 6.93. The van der Waals surface area contributed by atoms with Crippen LogP contribution in [0.1, 0.15) is 47.4 Å². The van der Waals surface area contributed by atoms with Gasteiger partial charge in [0.05, 0.1) is 11.0 Å². The molecule has 2 heterocycles. The number of nitro benzene ring substituents is 1. The van der Waals surface area contributed by atoms with E-state index in [-0.39, 0.29) is 16.7 Å². The molecule has 0 radical (unpaired) electrons. The molecule has 0 fully saturated rings. The van der Waals surface area contributed by atoms with Crippen LogP contribution in [0.25, 0.3) is 10.8 Å². The first kappa shape index (κ1) is 18.2. The summed E-state index contributed by atoms with van der Waals surface area (Å²) in [6.07, 6.45) is 11.6. The summed E-state index contributed by atoms with van der Waals surface area (Å²) in [5.74, 6) is 1.78. The lowest BCUT2D eigenvalue weighted by atomic mass is 9.69. The van der Waals surface area contributed by atoms with E-state index in [4.69, 9.17) is 0 Å². The van der Waals surface area contributed by atoms with Crippen LogP contribution in [0, 0.1) is 22.0 Å². The van der Waals surface area contributed by atoms with E-state index in [0.717, 1.165) is 24.9 Å². The maximum atomic E-state index is 11.5. The Morgan fingerprint density at radius 1 is 0.938 bits per heavy atom. The van der Waals surface area contributed by atoms with Crippen molar-refractivity contribution in [2.45, 2.75) is 30.7 Å². The van der Waals surface area contributed by atoms with Gasteiger partial charge in [-0.1, -0.05) is 60.7 Å². The fraction of sp³-hybridized carbons (Fsp3) is 0.286. The molecular formula is C28H24N2O2. The highest BCUT2D eigenvalue weighted by Gasteiger charge is 2.48. The van der Waals surface area contributed by atoms with Crippen LogP contribution in [0.15, 0.2) is 78.9 Å². The Hall–Kier alpha value is -3.40. The Balaban J connectivity index is 1.52. The molecule has 4 heteroatoms. The van der Waals surface area contributed by atoms with Crippen LogP contribution in [0.5, 0.6) is 0 Å². The number of non-ortho nitro benzene ring substituents is 1. The average molecular weight is 421 g/mol. The number of rotatable bonds is 2. The second-order valence-electron chi connectivity index (χ2n) is 9.70. The summed E-state index contributed by atoms with van der Waals surface area (Å²) < 4.78 is 0. The van der Waals surface area contributed by atoms with Crippen molar-refractivity contribution in [3.05, 3.63) is 106 Å². The zero-order valence-electron chi connectivity index (χ0n) is 17.7. The molecule has 5 atom stereocenters. The molecule has 0 unspecified atom stereocenters. The maximum absolute atomic E-state index is 11.5. The Bertz CT molecular complexity index is 1340. The van der Waals surface area contributed by atoms with Crippen molar-refractivity contribution in [2.24, 2.45) is 11.8 Å².